The molecule has 0 aliphatic heterocycles. The molecule has 0 fully saturated rings. The van der Waals surface area contributed by atoms with Crippen LogP contribution in [0.3, 0.4) is 0 Å². The topological polar surface area (TPSA) is 0 Å². The van der Waals surface area contributed by atoms with E-state index in [0.717, 1.165) is 5.57 Å². The molecule has 0 bridgehead atoms. The molecule has 0 aliphatic rings. The molecular formula is C6H9. The highest BCUT2D eigenvalue weighted by Crippen LogP contribution is 1.84. The Morgan fingerprint density at radius 2 is 2.17 bits per heavy atom. The quantitative estimate of drug-likeness (QED) is 0.423. The van der Waals surface area contributed by atoms with Gasteiger partial charge in [0.05, 0.1) is 0 Å². The van der Waals surface area contributed by atoms with Gasteiger partial charge in [0.15, 0.2) is 0 Å². The van der Waals surface area contributed by atoms with Crippen molar-refractivity contribution in [1.29, 1.82) is 0 Å². The Morgan fingerprint density at radius 3 is 2.17 bits per heavy atom. The number of allylic oxidation sites excluding steroid dienone is 3. The van der Waals surface area contributed by atoms with Gasteiger partial charge in [0.2, 0.25) is 0 Å². The minimum absolute atomic E-state index is 0.859. The van der Waals surface area contributed by atoms with Crippen LogP contribution in [-0.4, -0.2) is 0 Å². The Morgan fingerprint density at radius 1 is 1.67 bits per heavy atom. The molecule has 0 atom stereocenters. The van der Waals surface area contributed by atoms with E-state index in [1.165, 1.54) is 0 Å². The predicted octanol–water partition coefficient (Wildman–Crippen LogP) is 1.94. The SMILES string of the molecule is [CH]=C(C)C=CC. The molecule has 0 aromatic rings. The Labute approximate surface area is 39.2 Å². The van der Waals surface area contributed by atoms with Gasteiger partial charge in [-0.25, -0.2) is 0 Å². The summed E-state index contributed by atoms with van der Waals surface area (Å²) in [4.78, 5) is 0. The molecule has 0 heteroatoms. The van der Waals surface area contributed by atoms with Crippen LogP contribution in [0, 0.1) is 6.58 Å². The lowest BCUT2D eigenvalue weighted by Crippen LogP contribution is -1.54. The number of hydrogen-bond acceptors (Lipinski definition) is 0. The molecule has 0 nitrogen and oxygen atoms in total. The molecule has 0 aliphatic carbocycles. The zero-order chi connectivity index (χ0) is 4.99. The van der Waals surface area contributed by atoms with E-state index in [4.69, 9.17) is 6.58 Å². The summed E-state index contributed by atoms with van der Waals surface area (Å²) in [6, 6.07) is 0. The summed E-state index contributed by atoms with van der Waals surface area (Å²) in [5.41, 5.74) is 0.859. The summed E-state index contributed by atoms with van der Waals surface area (Å²) in [6.07, 6.45) is 3.77. The Hall–Kier alpha value is -0.520. The van der Waals surface area contributed by atoms with Gasteiger partial charge in [-0.1, -0.05) is 24.3 Å². The van der Waals surface area contributed by atoms with Gasteiger partial charge >= 0.3 is 0 Å². The molecule has 0 saturated heterocycles. The van der Waals surface area contributed by atoms with E-state index in [1.807, 2.05) is 26.0 Å². The average molecular weight is 81.1 g/mol. The molecule has 0 saturated carbocycles. The first-order valence-electron chi connectivity index (χ1n) is 1.99. The van der Waals surface area contributed by atoms with Crippen LogP contribution in [0.2, 0.25) is 0 Å². The molecule has 0 aromatic carbocycles. The largest absolute Gasteiger partial charge is 0.0874 e. The second-order valence-corrected chi connectivity index (χ2v) is 1.24. The normalized spacial score (nSPS) is 9.67. The molecule has 0 heterocycles. The van der Waals surface area contributed by atoms with Crippen molar-refractivity contribution in [2.45, 2.75) is 13.8 Å². The molecule has 1 radical (unpaired) electrons. The lowest BCUT2D eigenvalue weighted by Gasteiger charge is -1.75. The fourth-order valence-corrected chi connectivity index (χ4v) is 0.263. The summed E-state index contributed by atoms with van der Waals surface area (Å²) in [5, 5.41) is 0. The molecule has 0 spiro atoms. The lowest BCUT2D eigenvalue weighted by atomic mass is 10.3. The van der Waals surface area contributed by atoms with Gasteiger partial charge in [0, 0.05) is 0 Å². The van der Waals surface area contributed by atoms with Crippen molar-refractivity contribution in [2.75, 3.05) is 0 Å². The zero-order valence-corrected chi connectivity index (χ0v) is 4.23. The minimum Gasteiger partial charge on any atom is -0.0874 e. The second kappa shape index (κ2) is 2.70. The average Bonchev–Trinajstić information content (AvgIpc) is 1.35. The summed E-state index contributed by atoms with van der Waals surface area (Å²) >= 11 is 0. The van der Waals surface area contributed by atoms with Crippen LogP contribution < -0.4 is 0 Å². The number of hydrogen-bond donors (Lipinski definition) is 0. The van der Waals surface area contributed by atoms with E-state index in [0.29, 0.717) is 0 Å². The van der Waals surface area contributed by atoms with Crippen LogP contribution in [0.5, 0.6) is 0 Å². The Bertz CT molecular complexity index is 68.1. The van der Waals surface area contributed by atoms with Gasteiger partial charge in [-0.3, -0.25) is 0 Å². The maximum Gasteiger partial charge on any atom is -0.0398 e. The van der Waals surface area contributed by atoms with Gasteiger partial charge in [0.25, 0.3) is 0 Å². The van der Waals surface area contributed by atoms with Crippen LogP contribution >= 0.6 is 0 Å². The maximum absolute atomic E-state index is 5.23. The van der Waals surface area contributed by atoms with Gasteiger partial charge in [0.1, 0.15) is 0 Å². The van der Waals surface area contributed by atoms with Crippen molar-refractivity contribution in [3.05, 3.63) is 24.3 Å². The molecule has 0 rings (SSSR count). The fourth-order valence-electron chi connectivity index (χ4n) is 0.263. The highest BCUT2D eigenvalue weighted by Gasteiger charge is 1.64. The molecule has 6 heavy (non-hydrogen) atoms. The molecular weight excluding hydrogens is 72.1 g/mol. The van der Waals surface area contributed by atoms with Gasteiger partial charge in [-0.2, -0.15) is 0 Å². The molecule has 0 unspecified atom stereocenters. The van der Waals surface area contributed by atoms with Crippen LogP contribution in [0.25, 0.3) is 0 Å². The van der Waals surface area contributed by atoms with Crippen LogP contribution in [-0.2, 0) is 0 Å². The summed E-state index contributed by atoms with van der Waals surface area (Å²) < 4.78 is 0. The maximum atomic E-state index is 5.23. The van der Waals surface area contributed by atoms with Crippen molar-refractivity contribution in [2.24, 2.45) is 0 Å². The highest BCUT2D eigenvalue weighted by molar-refractivity contribution is 5.07. The molecule has 33 valence electrons. The first-order valence-corrected chi connectivity index (χ1v) is 1.99. The van der Waals surface area contributed by atoms with E-state index >= 15 is 0 Å². The molecule has 0 aromatic heterocycles. The highest BCUT2D eigenvalue weighted by atomic mass is 13.7. The van der Waals surface area contributed by atoms with Crippen molar-refractivity contribution < 1.29 is 0 Å². The Kier molecular flexibility index (Phi) is 2.47. The van der Waals surface area contributed by atoms with Crippen molar-refractivity contribution in [1.82, 2.24) is 0 Å². The van der Waals surface area contributed by atoms with Crippen LogP contribution in [0.15, 0.2) is 17.7 Å². The predicted molar refractivity (Wildman–Crippen MR) is 28.3 cm³/mol. The summed E-state index contributed by atoms with van der Waals surface area (Å²) in [7, 11) is 0. The van der Waals surface area contributed by atoms with E-state index in [1.54, 1.807) is 0 Å². The second-order valence-electron chi connectivity index (χ2n) is 1.24. The third kappa shape index (κ3) is 3.48. The lowest BCUT2D eigenvalue weighted by molar-refractivity contribution is 1.52. The van der Waals surface area contributed by atoms with Crippen LogP contribution in [0.4, 0.5) is 0 Å². The Balaban J connectivity index is 3.30. The van der Waals surface area contributed by atoms with Crippen molar-refractivity contribution in [3.8, 4) is 0 Å². The van der Waals surface area contributed by atoms with E-state index in [-0.39, 0.29) is 0 Å². The van der Waals surface area contributed by atoms with Gasteiger partial charge < -0.3 is 0 Å². The summed E-state index contributed by atoms with van der Waals surface area (Å²) in [6.45, 7) is 9.03. The minimum atomic E-state index is 0.859. The first kappa shape index (κ1) is 5.48. The van der Waals surface area contributed by atoms with Gasteiger partial charge in [-0.15, -0.1) is 0 Å². The van der Waals surface area contributed by atoms with E-state index < -0.39 is 0 Å². The standard InChI is InChI=1S/C6H9/c1-4-5-6(2)3/h2,4-5H,1,3H3. The third-order valence-electron chi connectivity index (χ3n) is 0.430. The smallest absolute Gasteiger partial charge is 0.0398 e. The van der Waals surface area contributed by atoms with Crippen molar-refractivity contribution in [3.63, 3.8) is 0 Å². The third-order valence-corrected chi connectivity index (χ3v) is 0.430. The monoisotopic (exact) mass is 81.1 g/mol. The van der Waals surface area contributed by atoms with Crippen LogP contribution in [0.1, 0.15) is 13.8 Å². The zero-order valence-electron chi connectivity index (χ0n) is 4.23. The molecule has 0 amide bonds. The fraction of sp³-hybridized carbons (Fsp3) is 0.333. The molecule has 0 N–H and O–H groups in total. The van der Waals surface area contributed by atoms with Gasteiger partial charge in [-0.05, 0) is 13.8 Å². The first-order chi connectivity index (χ1) is 2.77. The number of rotatable bonds is 1. The summed E-state index contributed by atoms with van der Waals surface area (Å²) in [5.74, 6) is 0. The van der Waals surface area contributed by atoms with E-state index in [9.17, 15) is 0 Å². The van der Waals surface area contributed by atoms with Crippen molar-refractivity contribution >= 4 is 0 Å². The van der Waals surface area contributed by atoms with E-state index in [2.05, 4.69) is 0 Å².